The monoisotopic (exact) mass is 594 g/mol. The molecule has 1 N–H and O–H groups in total. The molecular formula is C27H31IO7. The summed E-state index contributed by atoms with van der Waals surface area (Å²) in [5.74, 6) is 2.56. The Morgan fingerprint density at radius 3 is 2.46 bits per heavy atom. The molecule has 0 amide bonds. The first kappa shape index (κ1) is 24.6. The van der Waals surface area contributed by atoms with E-state index in [9.17, 15) is 9.90 Å². The maximum atomic E-state index is 12.0. The Kier molecular flexibility index (Phi) is 6.42. The SMILES string of the molecule is COc1cc([C@@H]2c3cc4c(cc3C(I)(C(C)C(C)C)C3COC(O)[C@@H]32)OCO4)cc(C=O)c1OC. The number of alkyl halides is 1. The first-order chi connectivity index (χ1) is 16.8. The third-order valence-electron chi connectivity index (χ3n) is 8.14. The molecule has 2 heterocycles. The van der Waals surface area contributed by atoms with E-state index in [2.05, 4.69) is 49.4 Å². The molecule has 1 saturated heterocycles. The van der Waals surface area contributed by atoms with Gasteiger partial charge >= 0.3 is 0 Å². The molecule has 1 fully saturated rings. The number of halogens is 1. The van der Waals surface area contributed by atoms with Crippen molar-refractivity contribution in [2.75, 3.05) is 27.6 Å². The Balaban J connectivity index is 1.80. The van der Waals surface area contributed by atoms with Crippen molar-refractivity contribution in [2.45, 2.75) is 36.4 Å². The van der Waals surface area contributed by atoms with Gasteiger partial charge in [0.2, 0.25) is 6.79 Å². The van der Waals surface area contributed by atoms with Crippen LogP contribution < -0.4 is 18.9 Å². The number of fused-ring (bicyclic) bond motifs is 3. The molecule has 0 bridgehead atoms. The number of benzene rings is 2. The van der Waals surface area contributed by atoms with Gasteiger partial charge in [-0.2, -0.15) is 0 Å². The van der Waals surface area contributed by atoms with E-state index in [4.69, 9.17) is 23.7 Å². The van der Waals surface area contributed by atoms with E-state index in [1.54, 1.807) is 7.11 Å². The highest BCUT2D eigenvalue weighted by atomic mass is 127. The van der Waals surface area contributed by atoms with Crippen LogP contribution >= 0.6 is 22.6 Å². The molecule has 3 aliphatic rings. The van der Waals surface area contributed by atoms with E-state index in [0.717, 1.165) is 28.7 Å². The van der Waals surface area contributed by atoms with E-state index in [0.29, 0.717) is 41.3 Å². The van der Waals surface area contributed by atoms with E-state index in [1.165, 1.54) is 7.11 Å². The first-order valence-electron chi connectivity index (χ1n) is 11.9. The minimum Gasteiger partial charge on any atom is -0.493 e. The molecule has 35 heavy (non-hydrogen) atoms. The molecular weight excluding hydrogens is 563 g/mol. The Hall–Kier alpha value is -2.04. The second-order valence-corrected chi connectivity index (χ2v) is 11.7. The maximum Gasteiger partial charge on any atom is 0.231 e. The minimum atomic E-state index is -0.940. The quantitative estimate of drug-likeness (QED) is 0.290. The van der Waals surface area contributed by atoms with Gasteiger partial charge in [-0.1, -0.05) is 43.4 Å². The normalized spacial score (nSPS) is 29.5. The van der Waals surface area contributed by atoms with Crippen molar-refractivity contribution in [1.29, 1.82) is 0 Å². The van der Waals surface area contributed by atoms with Crippen LogP contribution in [-0.2, 0) is 8.16 Å². The van der Waals surface area contributed by atoms with Crippen molar-refractivity contribution in [3.63, 3.8) is 0 Å². The smallest absolute Gasteiger partial charge is 0.231 e. The fraction of sp³-hybridized carbons (Fsp3) is 0.519. The summed E-state index contributed by atoms with van der Waals surface area (Å²) in [5, 5.41) is 11.2. The molecule has 188 valence electrons. The van der Waals surface area contributed by atoms with Crippen LogP contribution in [0.5, 0.6) is 23.0 Å². The Labute approximate surface area is 219 Å². The van der Waals surface area contributed by atoms with Gasteiger partial charge in [-0.3, -0.25) is 4.79 Å². The van der Waals surface area contributed by atoms with Gasteiger partial charge in [0.05, 0.1) is 29.8 Å². The number of aliphatic hydroxyl groups excluding tert-OH is 1. The minimum absolute atomic E-state index is 0.0427. The number of aldehydes is 1. The Morgan fingerprint density at radius 1 is 1.11 bits per heavy atom. The fourth-order valence-corrected chi connectivity index (χ4v) is 7.91. The molecule has 6 atom stereocenters. The van der Waals surface area contributed by atoms with E-state index in [1.807, 2.05) is 18.2 Å². The summed E-state index contributed by atoms with van der Waals surface area (Å²) in [6.45, 7) is 7.37. The lowest BCUT2D eigenvalue weighted by Gasteiger charge is -2.50. The number of hydrogen-bond donors (Lipinski definition) is 1. The van der Waals surface area contributed by atoms with Crippen LogP contribution in [0.3, 0.4) is 0 Å². The molecule has 0 aromatic heterocycles. The number of carbonyl (C=O) groups excluding carboxylic acids is 1. The Bertz CT molecular complexity index is 1150. The van der Waals surface area contributed by atoms with Gasteiger partial charge in [-0.25, -0.2) is 0 Å². The van der Waals surface area contributed by atoms with Crippen LogP contribution in [0.4, 0.5) is 0 Å². The van der Waals surface area contributed by atoms with Crippen LogP contribution in [0.25, 0.3) is 0 Å². The van der Waals surface area contributed by atoms with Gasteiger partial charge < -0.3 is 28.8 Å². The molecule has 0 radical (unpaired) electrons. The molecule has 0 spiro atoms. The van der Waals surface area contributed by atoms with Gasteiger partial charge in [-0.05, 0) is 52.8 Å². The number of aliphatic hydroxyl groups is 1. The van der Waals surface area contributed by atoms with Crippen molar-refractivity contribution in [3.05, 3.63) is 46.5 Å². The summed E-state index contributed by atoms with van der Waals surface area (Å²) in [7, 11) is 3.07. The third kappa shape index (κ3) is 3.62. The van der Waals surface area contributed by atoms with Gasteiger partial charge in [-0.15, -0.1) is 0 Å². The second-order valence-electron chi connectivity index (χ2n) is 9.94. The van der Waals surface area contributed by atoms with Crippen LogP contribution in [0.1, 0.15) is 53.7 Å². The predicted octanol–water partition coefficient (Wildman–Crippen LogP) is 4.89. The first-order valence-corrected chi connectivity index (χ1v) is 13.0. The summed E-state index contributed by atoms with van der Waals surface area (Å²) in [5.41, 5.74) is 3.47. The molecule has 1 aliphatic carbocycles. The van der Waals surface area contributed by atoms with Crippen molar-refractivity contribution in [1.82, 2.24) is 0 Å². The van der Waals surface area contributed by atoms with E-state index in [-0.39, 0.29) is 28.0 Å². The van der Waals surface area contributed by atoms with Crippen molar-refractivity contribution >= 4 is 28.9 Å². The molecule has 4 unspecified atom stereocenters. The van der Waals surface area contributed by atoms with Gasteiger partial charge in [0.15, 0.2) is 35.6 Å². The molecule has 7 nitrogen and oxygen atoms in total. The standard InChI is InChI=1S/C27H31IO7/c1-13(2)14(3)27(28)18-9-21-20(34-12-35-21)8-17(18)23(24-19(27)11-33-26(24)30)15-6-16(10-29)25(32-5)22(7-15)31-4/h6-10,13-14,19,23-24,26,30H,11-12H2,1-5H3/t14?,19?,23-,24+,26?,27?/m1/s1. The number of carbonyl (C=O) groups is 1. The topological polar surface area (TPSA) is 83.5 Å². The molecule has 2 aromatic carbocycles. The summed E-state index contributed by atoms with van der Waals surface area (Å²) in [6.07, 6.45) is -0.165. The van der Waals surface area contributed by atoms with E-state index < -0.39 is 6.29 Å². The van der Waals surface area contributed by atoms with E-state index >= 15 is 0 Å². The highest BCUT2D eigenvalue weighted by Gasteiger charge is 2.59. The van der Waals surface area contributed by atoms with Crippen molar-refractivity contribution < 1.29 is 33.6 Å². The van der Waals surface area contributed by atoms with Crippen molar-refractivity contribution in [3.8, 4) is 23.0 Å². The zero-order valence-corrected chi connectivity index (χ0v) is 22.7. The lowest BCUT2D eigenvalue weighted by Crippen LogP contribution is -2.48. The zero-order valence-electron chi connectivity index (χ0n) is 20.5. The Morgan fingerprint density at radius 2 is 1.83 bits per heavy atom. The average molecular weight is 594 g/mol. The summed E-state index contributed by atoms with van der Waals surface area (Å²) in [4.78, 5) is 12.0. The molecule has 2 aromatic rings. The molecule has 5 rings (SSSR count). The second kappa shape index (κ2) is 9.12. The van der Waals surface area contributed by atoms with Crippen LogP contribution in [0, 0.1) is 23.7 Å². The average Bonchev–Trinajstić information content (AvgIpc) is 3.48. The largest absolute Gasteiger partial charge is 0.493 e. The lowest BCUT2D eigenvalue weighted by atomic mass is 9.58. The van der Waals surface area contributed by atoms with Crippen LogP contribution in [0.2, 0.25) is 0 Å². The molecule has 8 heteroatoms. The van der Waals surface area contributed by atoms with Crippen molar-refractivity contribution in [2.24, 2.45) is 23.7 Å². The number of methoxy groups -OCH3 is 2. The summed E-state index contributed by atoms with van der Waals surface area (Å²) < 4.78 is 28.2. The lowest BCUT2D eigenvalue weighted by molar-refractivity contribution is -0.0857. The fourth-order valence-electron chi connectivity index (χ4n) is 6.13. The zero-order chi connectivity index (χ0) is 25.1. The van der Waals surface area contributed by atoms with Crippen LogP contribution in [-0.4, -0.2) is 45.3 Å². The number of rotatable bonds is 6. The summed E-state index contributed by atoms with van der Waals surface area (Å²) >= 11 is 2.60. The highest BCUT2D eigenvalue weighted by molar-refractivity contribution is 14.1. The summed E-state index contributed by atoms with van der Waals surface area (Å²) in [6, 6.07) is 7.89. The van der Waals surface area contributed by atoms with Gasteiger partial charge in [0, 0.05) is 17.8 Å². The number of hydrogen-bond acceptors (Lipinski definition) is 7. The molecule has 2 aliphatic heterocycles. The molecule has 0 saturated carbocycles. The van der Waals surface area contributed by atoms with Crippen LogP contribution in [0.15, 0.2) is 24.3 Å². The van der Waals surface area contributed by atoms with Gasteiger partial charge in [0.25, 0.3) is 0 Å². The highest BCUT2D eigenvalue weighted by Crippen LogP contribution is 2.64. The predicted molar refractivity (Wildman–Crippen MR) is 138 cm³/mol. The maximum absolute atomic E-state index is 12.0. The number of ether oxygens (including phenoxy) is 5. The third-order valence-corrected chi connectivity index (χ3v) is 10.5. The van der Waals surface area contributed by atoms with Gasteiger partial charge in [0.1, 0.15) is 0 Å².